The van der Waals surface area contributed by atoms with E-state index in [1.807, 2.05) is 6.07 Å². The van der Waals surface area contributed by atoms with Crippen molar-refractivity contribution in [2.75, 3.05) is 12.0 Å². The van der Waals surface area contributed by atoms with E-state index in [1.165, 1.54) is 18.1 Å². The van der Waals surface area contributed by atoms with Gasteiger partial charge >= 0.3 is 0 Å². The topological polar surface area (TPSA) is 38.8 Å². The molecule has 1 aliphatic rings. The summed E-state index contributed by atoms with van der Waals surface area (Å²) in [5.74, 6) is 0.426. The van der Waals surface area contributed by atoms with Gasteiger partial charge in [-0.1, -0.05) is 18.2 Å². The van der Waals surface area contributed by atoms with E-state index >= 15 is 0 Å². The molecule has 2 aromatic carbocycles. The number of fused-ring (bicyclic) bond motifs is 1. The summed E-state index contributed by atoms with van der Waals surface area (Å²) < 4.78 is 23.7. The lowest BCUT2D eigenvalue weighted by molar-refractivity contribution is 0.0992. The van der Waals surface area contributed by atoms with Gasteiger partial charge in [-0.2, -0.15) is 4.39 Å². The molecule has 0 bridgehead atoms. The molecule has 0 aromatic heterocycles. The van der Waals surface area contributed by atoms with Crippen molar-refractivity contribution in [3.05, 3.63) is 66.3 Å². The number of ether oxygens (including phenoxy) is 2. The second-order valence-electron chi connectivity index (χ2n) is 4.41. The van der Waals surface area contributed by atoms with Crippen molar-refractivity contribution in [2.24, 2.45) is 0 Å². The molecule has 1 amide bonds. The molecule has 0 N–H and O–H groups in total. The highest BCUT2D eigenvalue weighted by atomic mass is 19.1. The largest absolute Gasteiger partial charge is 0.497 e. The van der Waals surface area contributed by atoms with Crippen LogP contribution < -0.4 is 14.4 Å². The number of anilines is 1. The summed E-state index contributed by atoms with van der Waals surface area (Å²) in [4.78, 5) is 13.7. The molecule has 1 aliphatic heterocycles. The first kappa shape index (κ1) is 13.2. The number of methoxy groups -OCH3 is 1. The number of halogens is 1. The van der Waals surface area contributed by atoms with E-state index in [-0.39, 0.29) is 11.7 Å². The highest BCUT2D eigenvalue weighted by Gasteiger charge is 2.25. The number of amides is 1. The number of nitrogens with zero attached hydrogens (tertiary/aromatic N) is 1. The Morgan fingerprint density at radius 3 is 2.67 bits per heavy atom. The third-order valence-electron chi connectivity index (χ3n) is 3.10. The van der Waals surface area contributed by atoms with Crippen molar-refractivity contribution in [3.63, 3.8) is 0 Å². The smallest absolute Gasteiger partial charge is 0.295 e. The van der Waals surface area contributed by atoms with Crippen LogP contribution in [-0.4, -0.2) is 13.0 Å². The third kappa shape index (κ3) is 2.45. The first-order chi connectivity index (χ1) is 10.2. The lowest BCUT2D eigenvalue weighted by Gasteiger charge is -2.25. The Hall–Kier alpha value is -2.82. The van der Waals surface area contributed by atoms with E-state index in [4.69, 9.17) is 9.47 Å². The van der Waals surface area contributed by atoms with E-state index < -0.39 is 6.01 Å². The monoisotopic (exact) mass is 285 g/mol. The quantitative estimate of drug-likeness (QED) is 0.847. The molecule has 0 saturated heterocycles. The Bertz CT molecular complexity index is 713. The van der Waals surface area contributed by atoms with Gasteiger partial charge in [0.05, 0.1) is 19.0 Å². The Morgan fingerprint density at radius 2 is 1.95 bits per heavy atom. The summed E-state index contributed by atoms with van der Waals surface area (Å²) in [6.07, 6.45) is 1.03. The Balaban J connectivity index is 2.03. The first-order valence-corrected chi connectivity index (χ1v) is 6.31. The summed E-state index contributed by atoms with van der Waals surface area (Å²) in [5, 5.41) is 0. The summed E-state index contributed by atoms with van der Waals surface area (Å²) in [5.41, 5.74) is 0.927. The molecule has 3 rings (SSSR count). The Kier molecular flexibility index (Phi) is 3.31. The molecule has 106 valence electrons. The Labute approximate surface area is 121 Å². The molecular weight excluding hydrogens is 273 g/mol. The SMILES string of the molecule is COc1ccc2c(c1)OC(F)=CN2C(=O)c1ccccc1. The number of benzene rings is 2. The summed E-state index contributed by atoms with van der Waals surface area (Å²) in [6, 6.07) is 12.7. The van der Waals surface area contributed by atoms with E-state index in [0.717, 1.165) is 6.20 Å². The fourth-order valence-electron chi connectivity index (χ4n) is 2.09. The summed E-state index contributed by atoms with van der Waals surface area (Å²) in [6.45, 7) is 0. The predicted octanol–water partition coefficient (Wildman–Crippen LogP) is 3.50. The van der Waals surface area contributed by atoms with Gasteiger partial charge in [0.15, 0.2) is 5.75 Å². The zero-order valence-electron chi connectivity index (χ0n) is 11.2. The van der Waals surface area contributed by atoms with Crippen molar-refractivity contribution in [1.29, 1.82) is 0 Å². The highest BCUT2D eigenvalue weighted by Crippen LogP contribution is 2.38. The molecule has 0 atom stereocenters. The molecule has 0 unspecified atom stereocenters. The minimum Gasteiger partial charge on any atom is -0.497 e. The summed E-state index contributed by atoms with van der Waals surface area (Å²) >= 11 is 0. The highest BCUT2D eigenvalue weighted by molar-refractivity contribution is 6.08. The number of rotatable bonds is 2. The number of carbonyl (C=O) groups is 1. The van der Waals surface area contributed by atoms with Gasteiger partial charge < -0.3 is 9.47 Å². The van der Waals surface area contributed by atoms with Gasteiger partial charge in [0, 0.05) is 11.6 Å². The maximum atomic E-state index is 13.6. The molecule has 2 aromatic rings. The van der Waals surface area contributed by atoms with Crippen LogP contribution in [0.2, 0.25) is 0 Å². The standard InChI is InChI=1S/C16H12FNO3/c1-20-12-7-8-13-14(9-12)21-15(17)10-18(13)16(19)11-5-3-2-4-6-11/h2-10H,1H3. The van der Waals surface area contributed by atoms with Crippen LogP contribution >= 0.6 is 0 Å². The zero-order chi connectivity index (χ0) is 14.8. The molecule has 0 radical (unpaired) electrons. The van der Waals surface area contributed by atoms with Crippen LogP contribution in [0.15, 0.2) is 60.7 Å². The maximum Gasteiger partial charge on any atom is 0.295 e. The molecule has 4 nitrogen and oxygen atoms in total. The van der Waals surface area contributed by atoms with Gasteiger partial charge in [-0.15, -0.1) is 0 Å². The number of hydrogen-bond donors (Lipinski definition) is 0. The van der Waals surface area contributed by atoms with Crippen LogP contribution in [0.5, 0.6) is 11.5 Å². The lowest BCUT2D eigenvalue weighted by atomic mass is 10.1. The fraction of sp³-hybridized carbons (Fsp3) is 0.0625. The summed E-state index contributed by atoms with van der Waals surface area (Å²) in [7, 11) is 1.50. The maximum absolute atomic E-state index is 13.6. The Morgan fingerprint density at radius 1 is 1.19 bits per heavy atom. The third-order valence-corrected chi connectivity index (χ3v) is 3.10. The van der Waals surface area contributed by atoms with Crippen LogP contribution in [0.1, 0.15) is 10.4 Å². The van der Waals surface area contributed by atoms with Crippen LogP contribution in [-0.2, 0) is 0 Å². The molecule has 0 aliphatic carbocycles. The number of hydrogen-bond acceptors (Lipinski definition) is 3. The molecule has 1 heterocycles. The van der Waals surface area contributed by atoms with Gasteiger partial charge in [-0.25, -0.2) is 0 Å². The average molecular weight is 285 g/mol. The van der Waals surface area contributed by atoms with Gasteiger partial charge in [0.2, 0.25) is 0 Å². The van der Waals surface area contributed by atoms with Gasteiger partial charge in [0.25, 0.3) is 11.9 Å². The molecular formula is C16H12FNO3. The van der Waals surface area contributed by atoms with Crippen molar-refractivity contribution in [1.82, 2.24) is 0 Å². The average Bonchev–Trinajstić information content (AvgIpc) is 2.53. The minimum absolute atomic E-state index is 0.235. The molecule has 0 fully saturated rings. The van der Waals surface area contributed by atoms with Gasteiger partial charge in [-0.05, 0) is 24.3 Å². The van der Waals surface area contributed by atoms with E-state index in [0.29, 0.717) is 17.0 Å². The van der Waals surface area contributed by atoms with Crippen molar-refractivity contribution in [2.45, 2.75) is 0 Å². The van der Waals surface area contributed by atoms with Crippen molar-refractivity contribution < 1.29 is 18.7 Å². The second-order valence-corrected chi connectivity index (χ2v) is 4.41. The normalized spacial score (nSPS) is 13.0. The predicted molar refractivity (Wildman–Crippen MR) is 76.1 cm³/mol. The minimum atomic E-state index is -0.847. The van der Waals surface area contributed by atoms with Crippen LogP contribution in [0.25, 0.3) is 0 Å². The lowest BCUT2D eigenvalue weighted by Crippen LogP contribution is -2.28. The van der Waals surface area contributed by atoms with E-state index in [9.17, 15) is 9.18 Å². The van der Waals surface area contributed by atoms with Crippen LogP contribution in [0.3, 0.4) is 0 Å². The van der Waals surface area contributed by atoms with E-state index in [1.54, 1.807) is 36.4 Å². The second kappa shape index (κ2) is 5.28. The van der Waals surface area contributed by atoms with Crippen molar-refractivity contribution >= 4 is 11.6 Å². The van der Waals surface area contributed by atoms with Crippen LogP contribution in [0, 0.1) is 0 Å². The molecule has 0 spiro atoms. The molecule has 0 saturated carbocycles. The first-order valence-electron chi connectivity index (χ1n) is 6.31. The molecule has 5 heteroatoms. The zero-order valence-corrected chi connectivity index (χ0v) is 11.2. The number of carbonyl (C=O) groups excluding carboxylic acids is 1. The van der Waals surface area contributed by atoms with Crippen LogP contribution in [0.4, 0.5) is 10.1 Å². The van der Waals surface area contributed by atoms with Gasteiger partial charge in [0.1, 0.15) is 5.75 Å². The van der Waals surface area contributed by atoms with E-state index in [2.05, 4.69) is 0 Å². The molecule has 21 heavy (non-hydrogen) atoms. The fourth-order valence-corrected chi connectivity index (χ4v) is 2.09. The van der Waals surface area contributed by atoms with Crippen molar-refractivity contribution in [3.8, 4) is 11.5 Å². The van der Waals surface area contributed by atoms with Gasteiger partial charge in [-0.3, -0.25) is 9.69 Å².